The summed E-state index contributed by atoms with van der Waals surface area (Å²) in [6.45, 7) is 6.86. The van der Waals surface area contributed by atoms with E-state index in [-0.39, 0.29) is 42.0 Å². The van der Waals surface area contributed by atoms with Crippen LogP contribution in [0.25, 0.3) is 0 Å². The largest absolute Gasteiger partial charge is 0.573 e. The lowest BCUT2D eigenvalue weighted by Gasteiger charge is -2.39. The molecule has 1 unspecified atom stereocenters. The van der Waals surface area contributed by atoms with E-state index in [0.717, 1.165) is 43.4 Å². The first-order valence-corrected chi connectivity index (χ1v) is 13.6. The average Bonchev–Trinajstić information content (AvgIpc) is 2.91. The number of nitrogens with one attached hydrogen (secondary N) is 3. The highest BCUT2D eigenvalue weighted by atomic mass is 19.4. The highest BCUT2D eigenvalue weighted by molar-refractivity contribution is 5.94. The molecule has 3 N–H and O–H groups in total. The molecular formula is C30H38F3N3O5. The lowest BCUT2D eigenvalue weighted by atomic mass is 9.68. The lowest BCUT2D eigenvalue weighted by Crippen LogP contribution is -2.38. The molecule has 1 fully saturated rings. The van der Waals surface area contributed by atoms with E-state index in [1.165, 1.54) is 19.2 Å². The van der Waals surface area contributed by atoms with E-state index in [4.69, 9.17) is 0 Å². The van der Waals surface area contributed by atoms with Gasteiger partial charge in [-0.3, -0.25) is 9.59 Å². The summed E-state index contributed by atoms with van der Waals surface area (Å²) >= 11 is 0. The number of hydrogen-bond acceptors (Lipinski definition) is 5. The first kappa shape index (κ1) is 31.8. The minimum absolute atomic E-state index is 0.0662. The first-order chi connectivity index (χ1) is 19.2. The van der Waals surface area contributed by atoms with Gasteiger partial charge in [-0.05, 0) is 84.9 Å². The van der Waals surface area contributed by atoms with Gasteiger partial charge in [-0.25, -0.2) is 4.79 Å². The number of halogens is 3. The maximum Gasteiger partial charge on any atom is 0.573 e. The van der Waals surface area contributed by atoms with Crippen LogP contribution < -0.4 is 20.7 Å². The summed E-state index contributed by atoms with van der Waals surface area (Å²) in [5.41, 5.74) is 1.75. The van der Waals surface area contributed by atoms with E-state index in [9.17, 15) is 27.6 Å². The predicted octanol–water partition coefficient (Wildman–Crippen LogP) is 6.59. The Kier molecular flexibility index (Phi) is 10.6. The standard InChI is InChI=1S/C30H38F3N3O5/c1-29(2,3)22-11-9-20(10-12-22)26(19-5-7-21(8-6-19)27(38)34-18-17-25(37)40-4)36-28(39)35-23-13-15-24(16-14-23)41-30(31,32)33/h5-8,13-16,20,22,26H,9-12,17-18H2,1-4H3,(H,34,38)(H2,35,36,39)/t20-,22-,26?. The first-order valence-electron chi connectivity index (χ1n) is 13.6. The summed E-state index contributed by atoms with van der Waals surface area (Å²) in [6.07, 6.45) is -0.871. The van der Waals surface area contributed by atoms with Crippen molar-refractivity contribution in [2.24, 2.45) is 17.3 Å². The second kappa shape index (κ2) is 13.7. The van der Waals surface area contributed by atoms with Crippen molar-refractivity contribution in [3.8, 4) is 5.75 Å². The smallest absolute Gasteiger partial charge is 0.469 e. The fraction of sp³-hybridized carbons (Fsp3) is 0.500. The summed E-state index contributed by atoms with van der Waals surface area (Å²) in [5, 5.41) is 8.41. The predicted molar refractivity (Wildman–Crippen MR) is 148 cm³/mol. The zero-order chi connectivity index (χ0) is 30.2. The molecule has 11 heteroatoms. The fourth-order valence-electron chi connectivity index (χ4n) is 5.16. The summed E-state index contributed by atoms with van der Waals surface area (Å²) < 4.78 is 45.8. The van der Waals surface area contributed by atoms with Crippen LogP contribution in [0.5, 0.6) is 5.75 Å². The average molecular weight is 578 g/mol. The van der Waals surface area contributed by atoms with E-state index in [1.807, 2.05) is 0 Å². The van der Waals surface area contributed by atoms with E-state index >= 15 is 0 Å². The molecule has 0 saturated heterocycles. The van der Waals surface area contributed by atoms with Gasteiger partial charge in [0, 0.05) is 17.8 Å². The maximum absolute atomic E-state index is 13.0. The van der Waals surface area contributed by atoms with Crippen LogP contribution in [-0.4, -0.2) is 37.9 Å². The molecule has 3 rings (SSSR count). The SMILES string of the molecule is COC(=O)CCNC(=O)c1ccc(C(NC(=O)Nc2ccc(OC(F)(F)F)cc2)[C@H]2CC[C@H](C(C)(C)C)CC2)cc1. The van der Waals surface area contributed by atoms with Crippen molar-refractivity contribution < 1.29 is 37.0 Å². The van der Waals surface area contributed by atoms with Gasteiger partial charge in [0.05, 0.1) is 19.6 Å². The van der Waals surface area contributed by atoms with Crippen LogP contribution in [0.4, 0.5) is 23.7 Å². The second-order valence-electron chi connectivity index (χ2n) is 11.3. The monoisotopic (exact) mass is 577 g/mol. The van der Waals surface area contributed by atoms with E-state index < -0.39 is 18.4 Å². The molecule has 3 amide bonds. The number of rotatable bonds is 9. The van der Waals surface area contributed by atoms with Crippen molar-refractivity contribution >= 4 is 23.6 Å². The van der Waals surface area contributed by atoms with Crippen LogP contribution in [0.2, 0.25) is 0 Å². The van der Waals surface area contributed by atoms with Crippen LogP contribution >= 0.6 is 0 Å². The van der Waals surface area contributed by atoms with Gasteiger partial charge in [-0.15, -0.1) is 13.2 Å². The molecule has 41 heavy (non-hydrogen) atoms. The second-order valence-corrected chi connectivity index (χ2v) is 11.3. The third-order valence-electron chi connectivity index (χ3n) is 7.47. The molecular weight excluding hydrogens is 539 g/mol. The number of ether oxygens (including phenoxy) is 2. The quantitative estimate of drug-likeness (QED) is 0.292. The van der Waals surface area contributed by atoms with Gasteiger partial charge in [0.2, 0.25) is 0 Å². The fourth-order valence-corrected chi connectivity index (χ4v) is 5.16. The van der Waals surface area contributed by atoms with Crippen LogP contribution in [-0.2, 0) is 9.53 Å². The van der Waals surface area contributed by atoms with E-state index in [1.54, 1.807) is 24.3 Å². The Balaban J connectivity index is 1.71. The van der Waals surface area contributed by atoms with Crippen molar-refractivity contribution in [3.05, 3.63) is 59.7 Å². The van der Waals surface area contributed by atoms with Gasteiger partial charge in [0.25, 0.3) is 5.91 Å². The van der Waals surface area contributed by atoms with Gasteiger partial charge in [-0.1, -0.05) is 32.9 Å². The zero-order valence-electron chi connectivity index (χ0n) is 23.8. The van der Waals surface area contributed by atoms with Gasteiger partial charge in [0.1, 0.15) is 5.75 Å². The normalized spacial score (nSPS) is 18.1. The van der Waals surface area contributed by atoms with Crippen molar-refractivity contribution in [2.45, 2.75) is 65.3 Å². The highest BCUT2D eigenvalue weighted by Crippen LogP contribution is 2.43. The topological polar surface area (TPSA) is 106 Å². The Morgan fingerprint density at radius 2 is 1.54 bits per heavy atom. The Bertz CT molecular complexity index is 1170. The molecule has 0 radical (unpaired) electrons. The van der Waals surface area contributed by atoms with Crippen molar-refractivity contribution in [3.63, 3.8) is 0 Å². The van der Waals surface area contributed by atoms with Crippen molar-refractivity contribution in [1.29, 1.82) is 0 Å². The number of urea groups is 1. The van der Waals surface area contributed by atoms with Crippen LogP contribution in [0.1, 0.15) is 74.8 Å². The number of anilines is 1. The Morgan fingerprint density at radius 3 is 2.07 bits per heavy atom. The molecule has 1 aliphatic rings. The van der Waals surface area contributed by atoms with Crippen molar-refractivity contribution in [2.75, 3.05) is 19.0 Å². The Labute approximate surface area is 238 Å². The molecule has 1 aliphatic carbocycles. The Hall–Kier alpha value is -3.76. The third-order valence-corrected chi connectivity index (χ3v) is 7.47. The van der Waals surface area contributed by atoms with Crippen molar-refractivity contribution in [1.82, 2.24) is 10.6 Å². The third kappa shape index (κ3) is 9.98. The number of carbonyl (C=O) groups excluding carboxylic acids is 3. The number of methoxy groups -OCH3 is 1. The minimum atomic E-state index is -4.80. The van der Waals surface area contributed by atoms with Gasteiger partial charge < -0.3 is 25.4 Å². The summed E-state index contributed by atoms with van der Waals surface area (Å²) in [6, 6.07) is 11.0. The maximum atomic E-state index is 13.0. The molecule has 0 spiro atoms. The van der Waals surface area contributed by atoms with Gasteiger partial charge in [0.15, 0.2) is 0 Å². The molecule has 2 aromatic carbocycles. The number of hydrogen-bond donors (Lipinski definition) is 3. The van der Waals surface area contributed by atoms with Crippen LogP contribution in [0.3, 0.4) is 0 Å². The summed E-state index contributed by atoms with van der Waals surface area (Å²) in [5.74, 6) is -0.402. The zero-order valence-corrected chi connectivity index (χ0v) is 23.8. The molecule has 0 heterocycles. The summed E-state index contributed by atoms with van der Waals surface area (Å²) in [7, 11) is 1.28. The van der Waals surface area contributed by atoms with Crippen LogP contribution in [0, 0.1) is 17.3 Å². The van der Waals surface area contributed by atoms with Gasteiger partial charge >= 0.3 is 18.4 Å². The molecule has 224 valence electrons. The molecule has 1 saturated carbocycles. The number of alkyl halides is 3. The lowest BCUT2D eigenvalue weighted by molar-refractivity contribution is -0.274. The number of carbonyl (C=O) groups is 3. The molecule has 0 bridgehead atoms. The van der Waals surface area contributed by atoms with Crippen LogP contribution in [0.15, 0.2) is 48.5 Å². The number of amides is 3. The van der Waals surface area contributed by atoms with E-state index in [2.05, 4.69) is 46.2 Å². The number of benzene rings is 2. The minimum Gasteiger partial charge on any atom is -0.469 e. The van der Waals surface area contributed by atoms with E-state index in [0.29, 0.717) is 17.2 Å². The highest BCUT2D eigenvalue weighted by Gasteiger charge is 2.34. The molecule has 8 nitrogen and oxygen atoms in total. The Morgan fingerprint density at radius 1 is 0.927 bits per heavy atom. The molecule has 1 atom stereocenters. The van der Waals surface area contributed by atoms with Gasteiger partial charge in [-0.2, -0.15) is 0 Å². The molecule has 0 aliphatic heterocycles. The number of esters is 1. The molecule has 0 aromatic heterocycles. The molecule has 2 aromatic rings. The summed E-state index contributed by atoms with van der Waals surface area (Å²) in [4.78, 5) is 36.8.